The summed E-state index contributed by atoms with van der Waals surface area (Å²) in [5.41, 5.74) is -0.593. The van der Waals surface area contributed by atoms with Crippen LogP contribution in [0.15, 0.2) is 0 Å². The summed E-state index contributed by atoms with van der Waals surface area (Å²) < 4.78 is 0. The molecule has 0 heterocycles. The van der Waals surface area contributed by atoms with Gasteiger partial charge in [0.15, 0.2) is 0 Å². The molecule has 76 valence electrons. The molecule has 0 radical (unpaired) electrons. The van der Waals surface area contributed by atoms with Crippen molar-refractivity contribution >= 4 is 5.78 Å². The molecular weight excluding hydrogens is 164 g/mol. The molecule has 0 aromatic rings. The van der Waals surface area contributed by atoms with E-state index in [0.29, 0.717) is 12.2 Å². The van der Waals surface area contributed by atoms with Crippen molar-refractivity contribution in [3.8, 4) is 0 Å². The lowest BCUT2D eigenvalue weighted by Gasteiger charge is -2.27. The fourth-order valence-corrected chi connectivity index (χ4v) is 2.10. The molecule has 2 nitrogen and oxygen atoms in total. The third-order valence-corrected chi connectivity index (χ3v) is 3.37. The summed E-state index contributed by atoms with van der Waals surface area (Å²) in [6.07, 6.45) is 4.93. The number of carbonyl (C=O) groups is 1. The van der Waals surface area contributed by atoms with Crippen molar-refractivity contribution < 1.29 is 9.90 Å². The van der Waals surface area contributed by atoms with E-state index in [1.807, 2.05) is 13.8 Å². The highest BCUT2D eigenvalue weighted by Gasteiger charge is 2.32. The van der Waals surface area contributed by atoms with Crippen LogP contribution >= 0.6 is 0 Å². The zero-order valence-corrected chi connectivity index (χ0v) is 8.68. The maximum Gasteiger partial charge on any atom is 0.136 e. The van der Waals surface area contributed by atoms with E-state index in [1.54, 1.807) is 0 Å². The Morgan fingerprint density at radius 3 is 2.46 bits per heavy atom. The Morgan fingerprint density at radius 1 is 1.46 bits per heavy atom. The molecule has 1 unspecified atom stereocenters. The summed E-state index contributed by atoms with van der Waals surface area (Å²) in [4.78, 5) is 11.4. The molecule has 0 aromatic heterocycles. The lowest BCUT2D eigenvalue weighted by molar-refractivity contribution is -0.122. The minimum absolute atomic E-state index is 0.143. The molecule has 1 rings (SSSR count). The third kappa shape index (κ3) is 2.53. The van der Waals surface area contributed by atoms with Crippen LogP contribution in [0.4, 0.5) is 0 Å². The van der Waals surface area contributed by atoms with E-state index in [1.165, 1.54) is 0 Å². The number of carbonyl (C=O) groups excluding carboxylic acids is 1. The van der Waals surface area contributed by atoms with Crippen LogP contribution in [-0.4, -0.2) is 16.5 Å². The van der Waals surface area contributed by atoms with Crippen LogP contribution in [-0.2, 0) is 4.79 Å². The lowest BCUT2D eigenvalue weighted by Crippen LogP contribution is -2.31. The van der Waals surface area contributed by atoms with E-state index in [-0.39, 0.29) is 5.92 Å². The topological polar surface area (TPSA) is 37.3 Å². The normalized spacial score (nSPS) is 23.9. The Balaban J connectivity index is 2.50. The molecule has 13 heavy (non-hydrogen) atoms. The van der Waals surface area contributed by atoms with Crippen molar-refractivity contribution in [2.24, 2.45) is 5.92 Å². The van der Waals surface area contributed by atoms with Crippen molar-refractivity contribution in [2.45, 2.75) is 58.0 Å². The molecule has 1 atom stereocenters. The molecule has 0 saturated heterocycles. The predicted molar refractivity (Wildman–Crippen MR) is 52.5 cm³/mol. The van der Waals surface area contributed by atoms with E-state index < -0.39 is 5.60 Å². The number of rotatable bonds is 4. The summed E-state index contributed by atoms with van der Waals surface area (Å²) in [6.45, 7) is 3.98. The predicted octanol–water partition coefficient (Wildman–Crippen LogP) is 2.30. The van der Waals surface area contributed by atoms with Gasteiger partial charge in [-0.2, -0.15) is 0 Å². The van der Waals surface area contributed by atoms with Gasteiger partial charge in [0.25, 0.3) is 0 Å². The van der Waals surface area contributed by atoms with E-state index in [9.17, 15) is 9.90 Å². The average molecular weight is 184 g/mol. The van der Waals surface area contributed by atoms with Crippen LogP contribution in [0.25, 0.3) is 0 Å². The fraction of sp³-hybridized carbons (Fsp3) is 0.909. The smallest absolute Gasteiger partial charge is 0.136 e. The maximum absolute atomic E-state index is 11.4. The average Bonchev–Trinajstić information content (AvgIpc) is 2.52. The molecule has 2 heteroatoms. The zero-order valence-electron chi connectivity index (χ0n) is 8.68. The summed E-state index contributed by atoms with van der Waals surface area (Å²) in [6, 6.07) is 0. The second-order valence-electron chi connectivity index (χ2n) is 4.19. The largest absolute Gasteiger partial charge is 0.390 e. The van der Waals surface area contributed by atoms with Gasteiger partial charge in [-0.15, -0.1) is 0 Å². The van der Waals surface area contributed by atoms with Crippen LogP contribution in [0.5, 0.6) is 0 Å². The SMILES string of the molecule is CCC(O)(CC)CC1CCCC1=O. The number of aliphatic hydroxyl groups is 1. The second-order valence-corrected chi connectivity index (χ2v) is 4.19. The third-order valence-electron chi connectivity index (χ3n) is 3.37. The molecule has 0 aliphatic heterocycles. The standard InChI is InChI=1S/C11H20O2/c1-3-11(13,4-2)8-9-6-5-7-10(9)12/h9,13H,3-8H2,1-2H3. The quantitative estimate of drug-likeness (QED) is 0.728. The van der Waals surface area contributed by atoms with Crippen molar-refractivity contribution in [3.63, 3.8) is 0 Å². The Kier molecular flexibility index (Phi) is 3.48. The van der Waals surface area contributed by atoms with Crippen LogP contribution in [0.2, 0.25) is 0 Å². The summed E-state index contributed by atoms with van der Waals surface area (Å²) in [5, 5.41) is 10.1. The first kappa shape index (κ1) is 10.7. The van der Waals surface area contributed by atoms with Gasteiger partial charge in [-0.3, -0.25) is 4.79 Å². The highest BCUT2D eigenvalue weighted by atomic mass is 16.3. The molecule has 1 saturated carbocycles. The monoisotopic (exact) mass is 184 g/mol. The van der Waals surface area contributed by atoms with Gasteiger partial charge in [0.05, 0.1) is 5.60 Å². The molecule has 0 spiro atoms. The van der Waals surface area contributed by atoms with Crippen LogP contribution in [0.3, 0.4) is 0 Å². The van der Waals surface area contributed by atoms with Gasteiger partial charge in [-0.05, 0) is 32.1 Å². The number of hydrogen-bond acceptors (Lipinski definition) is 2. The van der Waals surface area contributed by atoms with E-state index in [4.69, 9.17) is 0 Å². The number of ketones is 1. The molecule has 1 aliphatic rings. The van der Waals surface area contributed by atoms with Crippen molar-refractivity contribution in [2.75, 3.05) is 0 Å². The summed E-state index contributed by atoms with van der Waals surface area (Å²) in [7, 11) is 0. The van der Waals surface area contributed by atoms with Gasteiger partial charge in [0.1, 0.15) is 5.78 Å². The van der Waals surface area contributed by atoms with Crippen LogP contribution in [0.1, 0.15) is 52.4 Å². The van der Waals surface area contributed by atoms with Crippen molar-refractivity contribution in [3.05, 3.63) is 0 Å². The van der Waals surface area contributed by atoms with Gasteiger partial charge < -0.3 is 5.11 Å². The van der Waals surface area contributed by atoms with Gasteiger partial charge >= 0.3 is 0 Å². The Hall–Kier alpha value is -0.370. The molecule has 0 amide bonds. The molecule has 0 aromatic carbocycles. The van der Waals surface area contributed by atoms with Gasteiger partial charge in [0.2, 0.25) is 0 Å². The number of hydrogen-bond donors (Lipinski definition) is 1. The van der Waals surface area contributed by atoms with Gasteiger partial charge in [-0.25, -0.2) is 0 Å². The molecule has 1 fully saturated rings. The summed E-state index contributed by atoms with van der Waals surface area (Å²) in [5.74, 6) is 0.505. The number of Topliss-reactive ketones (excluding diaryl/α,β-unsaturated/α-hetero) is 1. The van der Waals surface area contributed by atoms with Crippen LogP contribution < -0.4 is 0 Å². The van der Waals surface area contributed by atoms with E-state index in [2.05, 4.69) is 0 Å². The fourth-order valence-electron chi connectivity index (χ4n) is 2.10. The van der Waals surface area contributed by atoms with E-state index in [0.717, 1.165) is 32.1 Å². The molecule has 0 bridgehead atoms. The molecule has 1 aliphatic carbocycles. The highest BCUT2D eigenvalue weighted by molar-refractivity contribution is 5.82. The Labute approximate surface area is 80.3 Å². The summed E-state index contributed by atoms with van der Waals surface area (Å²) >= 11 is 0. The minimum atomic E-state index is -0.593. The van der Waals surface area contributed by atoms with Crippen molar-refractivity contribution in [1.82, 2.24) is 0 Å². The highest BCUT2D eigenvalue weighted by Crippen LogP contribution is 2.32. The first-order valence-corrected chi connectivity index (χ1v) is 5.36. The van der Waals surface area contributed by atoms with Crippen LogP contribution in [0, 0.1) is 5.92 Å². The molecule has 1 N–H and O–H groups in total. The lowest BCUT2D eigenvalue weighted by atomic mass is 9.85. The second kappa shape index (κ2) is 4.23. The Morgan fingerprint density at radius 2 is 2.08 bits per heavy atom. The first-order chi connectivity index (χ1) is 6.11. The van der Waals surface area contributed by atoms with Gasteiger partial charge in [0, 0.05) is 12.3 Å². The first-order valence-electron chi connectivity index (χ1n) is 5.36. The molecular formula is C11H20O2. The minimum Gasteiger partial charge on any atom is -0.390 e. The Bertz CT molecular complexity index is 183. The van der Waals surface area contributed by atoms with Gasteiger partial charge in [-0.1, -0.05) is 13.8 Å². The maximum atomic E-state index is 11.4. The van der Waals surface area contributed by atoms with E-state index >= 15 is 0 Å². The van der Waals surface area contributed by atoms with Crippen molar-refractivity contribution in [1.29, 1.82) is 0 Å². The zero-order chi connectivity index (χ0) is 9.90.